The first kappa shape index (κ1) is 9.85. The molecule has 2 heteroatoms. The Bertz CT molecular complexity index is 191. The molecule has 0 spiro atoms. The van der Waals surface area contributed by atoms with Gasteiger partial charge in [0.05, 0.1) is 0 Å². The Morgan fingerprint density at radius 2 is 2.08 bits per heavy atom. The van der Waals surface area contributed by atoms with Crippen LogP contribution in [0.2, 0.25) is 0 Å². The largest absolute Gasteiger partial charge is 0.310 e. The average molecular weight is 199 g/mol. The quantitative estimate of drug-likeness (QED) is 0.734. The van der Waals surface area contributed by atoms with E-state index in [4.69, 9.17) is 0 Å². The Balaban J connectivity index is 1.81. The summed E-state index contributed by atoms with van der Waals surface area (Å²) >= 11 is 2.13. The molecule has 1 saturated heterocycles. The Kier molecular flexibility index (Phi) is 2.63. The number of thioether (sulfide) groups is 1. The third-order valence-electron chi connectivity index (χ3n) is 3.54. The summed E-state index contributed by atoms with van der Waals surface area (Å²) in [6.07, 6.45) is 4.17. The molecule has 1 N–H and O–H groups in total. The lowest BCUT2D eigenvalue weighted by atomic mass is 10.1. The topological polar surface area (TPSA) is 12.0 Å². The number of rotatable bonds is 2. The molecule has 0 aromatic carbocycles. The van der Waals surface area contributed by atoms with E-state index in [9.17, 15) is 0 Å². The van der Waals surface area contributed by atoms with Crippen molar-refractivity contribution in [2.75, 3.05) is 5.75 Å². The summed E-state index contributed by atoms with van der Waals surface area (Å²) in [7, 11) is 0. The zero-order valence-corrected chi connectivity index (χ0v) is 9.79. The first-order chi connectivity index (χ1) is 6.09. The van der Waals surface area contributed by atoms with Crippen molar-refractivity contribution in [1.82, 2.24) is 5.32 Å². The van der Waals surface area contributed by atoms with Crippen LogP contribution >= 0.6 is 11.8 Å². The molecule has 1 nitrogen and oxygen atoms in total. The predicted octanol–water partition coefficient (Wildman–Crippen LogP) is 2.66. The standard InChI is InChI=1S/C11H21NS/c1-8-9(5-4-6-13-8)12-10-7-11(10,2)3/h8-10,12H,4-7H2,1-3H3. The van der Waals surface area contributed by atoms with Crippen molar-refractivity contribution >= 4 is 11.8 Å². The van der Waals surface area contributed by atoms with Gasteiger partial charge in [0.15, 0.2) is 0 Å². The van der Waals surface area contributed by atoms with E-state index in [2.05, 4.69) is 37.8 Å². The van der Waals surface area contributed by atoms with Crippen LogP contribution in [0.3, 0.4) is 0 Å². The van der Waals surface area contributed by atoms with Crippen LogP contribution in [-0.2, 0) is 0 Å². The Morgan fingerprint density at radius 1 is 1.38 bits per heavy atom. The van der Waals surface area contributed by atoms with Gasteiger partial charge in [-0.15, -0.1) is 0 Å². The molecule has 2 rings (SSSR count). The van der Waals surface area contributed by atoms with Crippen molar-refractivity contribution in [3.05, 3.63) is 0 Å². The van der Waals surface area contributed by atoms with Gasteiger partial charge in [0.25, 0.3) is 0 Å². The summed E-state index contributed by atoms with van der Waals surface area (Å²) in [5, 5.41) is 4.64. The van der Waals surface area contributed by atoms with Crippen molar-refractivity contribution in [1.29, 1.82) is 0 Å². The lowest BCUT2D eigenvalue weighted by Crippen LogP contribution is -2.41. The van der Waals surface area contributed by atoms with Gasteiger partial charge in [0.1, 0.15) is 0 Å². The molecule has 3 atom stereocenters. The van der Waals surface area contributed by atoms with E-state index in [0.29, 0.717) is 5.41 Å². The minimum absolute atomic E-state index is 0.585. The fourth-order valence-corrected chi connectivity index (χ4v) is 3.30. The van der Waals surface area contributed by atoms with Crippen LogP contribution in [0.25, 0.3) is 0 Å². The second-order valence-corrected chi connectivity index (χ2v) is 6.72. The zero-order chi connectivity index (χ0) is 9.47. The summed E-state index contributed by atoms with van der Waals surface area (Å²) in [6.45, 7) is 7.10. The van der Waals surface area contributed by atoms with Crippen molar-refractivity contribution in [2.45, 2.75) is 57.4 Å². The van der Waals surface area contributed by atoms with Crippen LogP contribution in [0, 0.1) is 5.41 Å². The molecule has 3 unspecified atom stereocenters. The van der Waals surface area contributed by atoms with Gasteiger partial charge in [-0.3, -0.25) is 0 Å². The maximum absolute atomic E-state index is 3.81. The molecule has 1 aliphatic heterocycles. The molecular formula is C11H21NS. The van der Waals surface area contributed by atoms with Gasteiger partial charge in [0.2, 0.25) is 0 Å². The molecule has 0 aromatic heterocycles. The smallest absolute Gasteiger partial charge is 0.0186 e. The van der Waals surface area contributed by atoms with E-state index >= 15 is 0 Å². The van der Waals surface area contributed by atoms with Gasteiger partial charge in [-0.1, -0.05) is 20.8 Å². The normalized spacial score (nSPS) is 43.2. The molecule has 0 aromatic rings. The van der Waals surface area contributed by atoms with Crippen molar-refractivity contribution in [3.63, 3.8) is 0 Å². The fourth-order valence-electron chi connectivity index (χ4n) is 2.15. The number of nitrogens with one attached hydrogen (secondary N) is 1. The van der Waals surface area contributed by atoms with Crippen molar-refractivity contribution < 1.29 is 0 Å². The fraction of sp³-hybridized carbons (Fsp3) is 1.00. The van der Waals surface area contributed by atoms with Crippen LogP contribution in [0.4, 0.5) is 0 Å². The van der Waals surface area contributed by atoms with Gasteiger partial charge >= 0.3 is 0 Å². The van der Waals surface area contributed by atoms with E-state index in [1.165, 1.54) is 25.0 Å². The van der Waals surface area contributed by atoms with Gasteiger partial charge < -0.3 is 5.32 Å². The van der Waals surface area contributed by atoms with Crippen LogP contribution < -0.4 is 5.32 Å². The highest BCUT2D eigenvalue weighted by Gasteiger charge is 2.46. The van der Waals surface area contributed by atoms with Gasteiger partial charge in [-0.25, -0.2) is 0 Å². The zero-order valence-electron chi connectivity index (χ0n) is 8.97. The predicted molar refractivity (Wildman–Crippen MR) is 60.3 cm³/mol. The Labute approximate surface area is 86.0 Å². The molecular weight excluding hydrogens is 178 g/mol. The monoisotopic (exact) mass is 199 g/mol. The molecule has 2 fully saturated rings. The highest BCUT2D eigenvalue weighted by Crippen LogP contribution is 2.45. The molecule has 0 radical (unpaired) electrons. The van der Waals surface area contributed by atoms with E-state index in [0.717, 1.165) is 17.3 Å². The summed E-state index contributed by atoms with van der Waals surface area (Å²) in [5.74, 6) is 1.37. The van der Waals surface area contributed by atoms with Gasteiger partial charge in [-0.05, 0) is 30.4 Å². The molecule has 13 heavy (non-hydrogen) atoms. The minimum atomic E-state index is 0.585. The second-order valence-electron chi connectivity index (χ2n) is 5.24. The summed E-state index contributed by atoms with van der Waals surface area (Å²) in [4.78, 5) is 0. The molecule has 76 valence electrons. The molecule has 1 heterocycles. The minimum Gasteiger partial charge on any atom is -0.310 e. The number of hydrogen-bond acceptors (Lipinski definition) is 2. The van der Waals surface area contributed by atoms with Gasteiger partial charge in [0, 0.05) is 17.3 Å². The van der Waals surface area contributed by atoms with Crippen molar-refractivity contribution in [3.8, 4) is 0 Å². The summed E-state index contributed by atoms with van der Waals surface area (Å²) < 4.78 is 0. The lowest BCUT2D eigenvalue weighted by Gasteiger charge is -2.29. The van der Waals surface area contributed by atoms with Crippen LogP contribution in [0.1, 0.15) is 40.0 Å². The van der Waals surface area contributed by atoms with E-state index in [1.807, 2.05) is 0 Å². The second kappa shape index (κ2) is 3.47. The third kappa shape index (κ3) is 2.21. The molecule has 1 saturated carbocycles. The third-order valence-corrected chi connectivity index (χ3v) is 4.91. The molecule has 0 amide bonds. The lowest BCUT2D eigenvalue weighted by molar-refractivity contribution is 0.425. The molecule has 2 aliphatic rings. The maximum Gasteiger partial charge on any atom is 0.0186 e. The number of hydrogen-bond donors (Lipinski definition) is 1. The summed E-state index contributed by atoms with van der Waals surface area (Å²) in [6, 6.07) is 1.59. The Morgan fingerprint density at radius 3 is 2.62 bits per heavy atom. The van der Waals surface area contributed by atoms with Crippen LogP contribution in [0.5, 0.6) is 0 Å². The van der Waals surface area contributed by atoms with Gasteiger partial charge in [-0.2, -0.15) is 11.8 Å². The van der Waals surface area contributed by atoms with Crippen LogP contribution in [0.15, 0.2) is 0 Å². The maximum atomic E-state index is 3.81. The summed E-state index contributed by atoms with van der Waals surface area (Å²) in [5.41, 5.74) is 0.585. The average Bonchev–Trinajstić information content (AvgIpc) is 2.64. The van der Waals surface area contributed by atoms with Crippen molar-refractivity contribution in [2.24, 2.45) is 5.41 Å². The first-order valence-corrected chi connectivity index (χ1v) is 6.52. The van der Waals surface area contributed by atoms with E-state index in [-0.39, 0.29) is 0 Å². The van der Waals surface area contributed by atoms with E-state index in [1.54, 1.807) is 0 Å². The van der Waals surface area contributed by atoms with Crippen LogP contribution in [-0.4, -0.2) is 23.1 Å². The highest BCUT2D eigenvalue weighted by molar-refractivity contribution is 7.99. The highest BCUT2D eigenvalue weighted by atomic mass is 32.2. The molecule has 0 bridgehead atoms. The molecule has 1 aliphatic carbocycles. The Hall–Kier alpha value is 0.310. The first-order valence-electron chi connectivity index (χ1n) is 5.47. The van der Waals surface area contributed by atoms with E-state index < -0.39 is 0 Å². The SMILES string of the molecule is CC1SCCCC1NC1CC1(C)C.